The zero-order valence-corrected chi connectivity index (χ0v) is 18.1. The van der Waals surface area contributed by atoms with E-state index in [1.807, 2.05) is 11.4 Å². The lowest BCUT2D eigenvalue weighted by Gasteiger charge is -2.25. The van der Waals surface area contributed by atoms with Gasteiger partial charge in [-0.05, 0) is 48.2 Å². The number of thiophene rings is 1. The maximum atomic E-state index is 12.3. The number of carboxylic acids is 1. The molecule has 2 aromatic heterocycles. The van der Waals surface area contributed by atoms with E-state index in [4.69, 9.17) is 11.6 Å². The first kappa shape index (κ1) is 21.1. The predicted molar refractivity (Wildman–Crippen MR) is 122 cm³/mol. The summed E-state index contributed by atoms with van der Waals surface area (Å²) in [4.78, 5) is 29.0. The van der Waals surface area contributed by atoms with Crippen molar-refractivity contribution in [3.63, 3.8) is 0 Å². The zero-order chi connectivity index (χ0) is 21.8. The summed E-state index contributed by atoms with van der Waals surface area (Å²) >= 11 is 7.15. The van der Waals surface area contributed by atoms with Crippen LogP contribution < -0.4 is 15.1 Å². The molecule has 1 aromatic carbocycles. The van der Waals surface area contributed by atoms with Crippen LogP contribution in [0, 0.1) is 0 Å². The smallest absolute Gasteiger partial charge is 0.337 e. The molecule has 4 rings (SSSR count). The van der Waals surface area contributed by atoms with Crippen LogP contribution in [0.2, 0.25) is 5.15 Å². The van der Waals surface area contributed by atoms with Crippen molar-refractivity contribution in [3.05, 3.63) is 63.4 Å². The summed E-state index contributed by atoms with van der Waals surface area (Å²) in [6.07, 6.45) is 0.834. The van der Waals surface area contributed by atoms with Crippen molar-refractivity contribution < 1.29 is 14.7 Å². The van der Waals surface area contributed by atoms with Gasteiger partial charge in [0.2, 0.25) is 0 Å². The Morgan fingerprint density at radius 2 is 1.84 bits per heavy atom. The number of carbonyl (C=O) groups is 2. The largest absolute Gasteiger partial charge is 0.478 e. The molecule has 160 valence electrons. The zero-order valence-electron chi connectivity index (χ0n) is 16.5. The van der Waals surface area contributed by atoms with Crippen LogP contribution in [-0.4, -0.2) is 53.4 Å². The highest BCUT2D eigenvalue weighted by atomic mass is 35.5. The van der Waals surface area contributed by atoms with Gasteiger partial charge in [-0.15, -0.1) is 21.5 Å². The summed E-state index contributed by atoms with van der Waals surface area (Å²) in [5, 5.41) is 22.8. The molecule has 31 heavy (non-hydrogen) atoms. The Labute approximate surface area is 188 Å². The number of hydrogen-bond donors (Lipinski definition) is 2. The molecule has 10 heteroatoms. The van der Waals surface area contributed by atoms with Crippen LogP contribution in [0.25, 0.3) is 0 Å². The summed E-state index contributed by atoms with van der Waals surface area (Å²) in [6.45, 7) is 2.79. The minimum Gasteiger partial charge on any atom is -0.478 e. The highest BCUT2D eigenvalue weighted by Crippen LogP contribution is 2.27. The standard InChI is InChI=1S/C21H20ClN5O3S/c22-18-6-7-19(25-24-18)27-9-2-8-26(10-11-27)16-5-4-14(13-15(16)21(29)30)23-20(28)17-3-1-12-31-17/h1,3-7,12-13H,2,8-11H2,(H,23,28)(H,29,30). The molecule has 1 fully saturated rings. The maximum Gasteiger partial charge on any atom is 0.337 e. The van der Waals surface area contributed by atoms with E-state index >= 15 is 0 Å². The van der Waals surface area contributed by atoms with E-state index in [0.29, 0.717) is 41.0 Å². The lowest BCUT2D eigenvalue weighted by atomic mass is 10.1. The van der Waals surface area contributed by atoms with Crippen molar-refractivity contribution in [1.82, 2.24) is 10.2 Å². The van der Waals surface area contributed by atoms with Crippen LogP contribution >= 0.6 is 22.9 Å². The van der Waals surface area contributed by atoms with E-state index in [1.165, 1.54) is 17.4 Å². The second-order valence-electron chi connectivity index (χ2n) is 7.01. The van der Waals surface area contributed by atoms with Gasteiger partial charge in [0, 0.05) is 31.9 Å². The first-order chi connectivity index (χ1) is 15.0. The van der Waals surface area contributed by atoms with Crippen LogP contribution in [0.3, 0.4) is 0 Å². The quantitative estimate of drug-likeness (QED) is 0.600. The number of nitrogens with one attached hydrogen (secondary N) is 1. The summed E-state index contributed by atoms with van der Waals surface area (Å²) < 4.78 is 0. The van der Waals surface area contributed by atoms with Crippen LogP contribution in [0.1, 0.15) is 26.5 Å². The van der Waals surface area contributed by atoms with E-state index in [2.05, 4.69) is 25.3 Å². The molecule has 1 saturated heterocycles. The molecule has 0 spiro atoms. The molecule has 1 amide bonds. The molecule has 3 aromatic rings. The maximum absolute atomic E-state index is 12.3. The highest BCUT2D eigenvalue weighted by Gasteiger charge is 2.21. The van der Waals surface area contributed by atoms with Gasteiger partial charge >= 0.3 is 5.97 Å². The summed E-state index contributed by atoms with van der Waals surface area (Å²) in [6, 6.07) is 12.1. The Morgan fingerprint density at radius 1 is 1.03 bits per heavy atom. The molecule has 1 aliphatic rings. The molecule has 0 bridgehead atoms. The molecular weight excluding hydrogens is 438 g/mol. The van der Waals surface area contributed by atoms with Gasteiger partial charge in [-0.1, -0.05) is 17.7 Å². The number of benzene rings is 1. The number of aromatic nitrogens is 2. The topological polar surface area (TPSA) is 98.7 Å². The molecule has 0 aliphatic carbocycles. The molecule has 3 heterocycles. The summed E-state index contributed by atoms with van der Waals surface area (Å²) in [7, 11) is 0. The highest BCUT2D eigenvalue weighted by molar-refractivity contribution is 7.12. The number of carbonyl (C=O) groups excluding carboxylic acids is 1. The van der Waals surface area contributed by atoms with Gasteiger partial charge in [-0.25, -0.2) is 4.79 Å². The van der Waals surface area contributed by atoms with Crippen LogP contribution in [0.15, 0.2) is 47.8 Å². The number of carboxylic acid groups (broad SMARTS) is 1. The predicted octanol–water partition coefficient (Wildman–Crippen LogP) is 3.86. The first-order valence-corrected chi connectivity index (χ1v) is 11.0. The monoisotopic (exact) mass is 457 g/mol. The third-order valence-corrected chi connectivity index (χ3v) is 6.08. The third-order valence-electron chi connectivity index (χ3n) is 5.01. The fourth-order valence-corrected chi connectivity index (χ4v) is 4.25. The van der Waals surface area contributed by atoms with Crippen molar-refractivity contribution in [1.29, 1.82) is 0 Å². The number of rotatable bonds is 5. The van der Waals surface area contributed by atoms with Crippen molar-refractivity contribution in [2.75, 3.05) is 41.3 Å². The van der Waals surface area contributed by atoms with Crippen LogP contribution in [-0.2, 0) is 0 Å². The van der Waals surface area contributed by atoms with E-state index < -0.39 is 5.97 Å². The fraction of sp³-hybridized carbons (Fsp3) is 0.238. The van der Waals surface area contributed by atoms with Gasteiger partial charge < -0.3 is 20.2 Å². The average molecular weight is 458 g/mol. The minimum atomic E-state index is -1.04. The van der Waals surface area contributed by atoms with Crippen molar-refractivity contribution >= 4 is 52.0 Å². The molecular formula is C21H20ClN5O3S. The number of nitrogens with zero attached hydrogens (tertiary/aromatic N) is 4. The molecule has 0 saturated carbocycles. The van der Waals surface area contributed by atoms with Gasteiger partial charge in [0.25, 0.3) is 5.91 Å². The first-order valence-electron chi connectivity index (χ1n) is 9.72. The molecule has 0 unspecified atom stereocenters. The lowest BCUT2D eigenvalue weighted by Crippen LogP contribution is -2.32. The molecule has 0 radical (unpaired) electrons. The normalized spacial score (nSPS) is 14.2. The Morgan fingerprint density at radius 3 is 2.55 bits per heavy atom. The Kier molecular flexibility index (Phi) is 6.34. The molecule has 2 N–H and O–H groups in total. The van der Waals surface area contributed by atoms with Gasteiger partial charge in [-0.3, -0.25) is 4.79 Å². The minimum absolute atomic E-state index is 0.156. The number of amides is 1. The lowest BCUT2D eigenvalue weighted by molar-refractivity contribution is 0.0697. The number of halogens is 1. The van der Waals surface area contributed by atoms with E-state index in [1.54, 1.807) is 30.3 Å². The fourth-order valence-electron chi connectivity index (χ4n) is 3.53. The summed E-state index contributed by atoms with van der Waals surface area (Å²) in [5.41, 5.74) is 1.24. The number of anilines is 3. The van der Waals surface area contributed by atoms with Gasteiger partial charge in [-0.2, -0.15) is 0 Å². The number of hydrogen-bond acceptors (Lipinski definition) is 7. The van der Waals surface area contributed by atoms with Gasteiger partial charge in [0.15, 0.2) is 11.0 Å². The van der Waals surface area contributed by atoms with Crippen molar-refractivity contribution in [2.45, 2.75) is 6.42 Å². The Bertz CT molecular complexity index is 1080. The molecule has 8 nitrogen and oxygen atoms in total. The summed E-state index contributed by atoms with van der Waals surface area (Å²) in [5.74, 6) is -0.545. The Balaban J connectivity index is 1.51. The molecule has 0 atom stereocenters. The van der Waals surface area contributed by atoms with Crippen LogP contribution in [0.4, 0.5) is 17.2 Å². The average Bonchev–Trinajstić information content (AvgIpc) is 3.20. The van der Waals surface area contributed by atoms with E-state index in [0.717, 1.165) is 18.8 Å². The van der Waals surface area contributed by atoms with E-state index in [9.17, 15) is 14.7 Å². The van der Waals surface area contributed by atoms with Crippen LogP contribution in [0.5, 0.6) is 0 Å². The second-order valence-corrected chi connectivity index (χ2v) is 8.35. The van der Waals surface area contributed by atoms with Crippen molar-refractivity contribution in [2.24, 2.45) is 0 Å². The van der Waals surface area contributed by atoms with E-state index in [-0.39, 0.29) is 11.5 Å². The second kappa shape index (κ2) is 9.32. The number of aromatic carboxylic acids is 1. The molecule has 1 aliphatic heterocycles. The third kappa shape index (κ3) is 4.95. The Hall–Kier alpha value is -3.17. The van der Waals surface area contributed by atoms with Gasteiger partial charge in [0.1, 0.15) is 0 Å². The van der Waals surface area contributed by atoms with Gasteiger partial charge in [0.05, 0.1) is 16.1 Å². The van der Waals surface area contributed by atoms with Crippen molar-refractivity contribution in [3.8, 4) is 0 Å². The SMILES string of the molecule is O=C(Nc1ccc(N2CCCN(c3ccc(Cl)nn3)CC2)c(C(=O)O)c1)c1cccs1.